The molecule has 96 valence electrons. The molecule has 19 heavy (non-hydrogen) atoms. The van der Waals surface area contributed by atoms with Gasteiger partial charge in [-0.15, -0.1) is 0 Å². The van der Waals surface area contributed by atoms with E-state index in [1.54, 1.807) is 12.1 Å². The molecular weight excluding hydrogens is 250 g/mol. The number of hydrogen-bond acceptors (Lipinski definition) is 5. The van der Waals surface area contributed by atoms with Crippen molar-refractivity contribution in [3.05, 3.63) is 58.3 Å². The molecule has 1 amide bonds. The third kappa shape index (κ3) is 2.83. The topological polar surface area (TPSA) is 105 Å². The molecular formula is C12H9N3O4. The third-order valence-electron chi connectivity index (χ3n) is 2.35. The van der Waals surface area contributed by atoms with Crippen LogP contribution < -0.4 is 5.32 Å². The molecule has 0 bridgehead atoms. The number of anilines is 1. The number of nitrogens with one attached hydrogen (secondary N) is 1. The fourth-order valence-electron chi connectivity index (χ4n) is 1.42. The summed E-state index contributed by atoms with van der Waals surface area (Å²) in [5.74, 6) is -0.528. The van der Waals surface area contributed by atoms with Crippen LogP contribution in [0, 0.1) is 10.1 Å². The predicted molar refractivity (Wildman–Crippen MR) is 67.0 cm³/mol. The maximum absolute atomic E-state index is 11.8. The highest BCUT2D eigenvalue weighted by atomic mass is 16.6. The van der Waals surface area contributed by atoms with Crippen molar-refractivity contribution in [3.8, 4) is 5.75 Å². The first-order chi connectivity index (χ1) is 9.08. The summed E-state index contributed by atoms with van der Waals surface area (Å²) < 4.78 is 0. The van der Waals surface area contributed by atoms with Gasteiger partial charge in [0.1, 0.15) is 17.8 Å². The SMILES string of the molecule is O=C(Nc1ccc([N+](=O)[O-])cn1)c1ccccc1O. The molecule has 0 fully saturated rings. The van der Waals surface area contributed by atoms with Crippen molar-refractivity contribution in [3.63, 3.8) is 0 Å². The molecule has 1 heterocycles. The number of phenols is 1. The van der Waals surface area contributed by atoms with Gasteiger partial charge >= 0.3 is 0 Å². The zero-order valence-corrected chi connectivity index (χ0v) is 9.61. The Morgan fingerprint density at radius 1 is 1.26 bits per heavy atom. The summed E-state index contributed by atoms with van der Waals surface area (Å²) in [5, 5.41) is 22.4. The molecule has 0 spiro atoms. The maximum Gasteiger partial charge on any atom is 0.287 e. The maximum atomic E-state index is 11.8. The molecule has 0 aliphatic heterocycles. The molecule has 2 N–H and O–H groups in total. The van der Waals surface area contributed by atoms with Crippen LogP contribution in [0.25, 0.3) is 0 Å². The number of benzene rings is 1. The molecule has 1 aromatic carbocycles. The van der Waals surface area contributed by atoms with Crippen LogP contribution in [-0.2, 0) is 0 Å². The summed E-state index contributed by atoms with van der Waals surface area (Å²) in [4.78, 5) is 25.4. The van der Waals surface area contributed by atoms with E-state index in [9.17, 15) is 20.0 Å². The number of rotatable bonds is 3. The summed E-state index contributed by atoms with van der Waals surface area (Å²) in [6, 6.07) is 8.59. The Balaban J connectivity index is 2.15. The van der Waals surface area contributed by atoms with Crippen LogP contribution in [0.15, 0.2) is 42.6 Å². The zero-order valence-electron chi connectivity index (χ0n) is 9.61. The number of aromatic hydroxyl groups is 1. The number of carbonyl (C=O) groups is 1. The van der Waals surface area contributed by atoms with Gasteiger partial charge in [-0.2, -0.15) is 0 Å². The lowest BCUT2D eigenvalue weighted by molar-refractivity contribution is -0.385. The second-order valence-electron chi connectivity index (χ2n) is 3.63. The number of nitrogens with zero attached hydrogens (tertiary/aromatic N) is 2. The molecule has 2 rings (SSSR count). The van der Waals surface area contributed by atoms with Crippen LogP contribution in [0.5, 0.6) is 5.75 Å². The minimum atomic E-state index is -0.582. The lowest BCUT2D eigenvalue weighted by Gasteiger charge is -2.05. The quantitative estimate of drug-likeness (QED) is 0.647. The number of amides is 1. The van der Waals surface area contributed by atoms with E-state index in [0.29, 0.717) is 0 Å². The van der Waals surface area contributed by atoms with E-state index < -0.39 is 10.8 Å². The van der Waals surface area contributed by atoms with Crippen LogP contribution in [0.4, 0.5) is 11.5 Å². The Morgan fingerprint density at radius 2 is 2.00 bits per heavy atom. The predicted octanol–water partition coefficient (Wildman–Crippen LogP) is 1.95. The minimum absolute atomic E-state index is 0.0997. The van der Waals surface area contributed by atoms with Gasteiger partial charge in [0.05, 0.1) is 10.5 Å². The molecule has 0 atom stereocenters. The van der Waals surface area contributed by atoms with Crippen LogP contribution in [-0.4, -0.2) is 20.9 Å². The van der Waals surface area contributed by atoms with Gasteiger partial charge in [0.25, 0.3) is 11.6 Å². The molecule has 2 aromatic rings. The van der Waals surface area contributed by atoms with Gasteiger partial charge in [-0.3, -0.25) is 14.9 Å². The van der Waals surface area contributed by atoms with Gasteiger partial charge in [-0.25, -0.2) is 4.98 Å². The van der Waals surface area contributed by atoms with Crippen LogP contribution in [0.2, 0.25) is 0 Å². The Labute approximate surface area is 107 Å². The molecule has 0 radical (unpaired) electrons. The summed E-state index contributed by atoms with van der Waals surface area (Å²) in [5.41, 5.74) is -0.0665. The molecule has 7 heteroatoms. The Kier molecular flexibility index (Phi) is 3.37. The third-order valence-corrected chi connectivity index (χ3v) is 2.35. The second kappa shape index (κ2) is 5.13. The first-order valence-corrected chi connectivity index (χ1v) is 5.28. The largest absolute Gasteiger partial charge is 0.507 e. The van der Waals surface area contributed by atoms with Crippen molar-refractivity contribution < 1.29 is 14.8 Å². The molecule has 0 aliphatic carbocycles. The van der Waals surface area contributed by atoms with E-state index in [1.807, 2.05) is 0 Å². The summed E-state index contributed by atoms with van der Waals surface area (Å²) in [6.07, 6.45) is 1.04. The Bertz CT molecular complexity index is 625. The molecule has 0 unspecified atom stereocenters. The standard InChI is InChI=1S/C12H9N3O4/c16-10-4-2-1-3-9(10)12(17)14-11-6-5-8(7-13-11)15(18)19/h1-7,16H,(H,13,14,17). The number of para-hydroxylation sites is 1. The van der Waals surface area contributed by atoms with Crippen molar-refractivity contribution in [2.75, 3.05) is 5.32 Å². The highest BCUT2D eigenvalue weighted by molar-refractivity contribution is 6.05. The number of hydrogen-bond donors (Lipinski definition) is 2. The average Bonchev–Trinajstić information content (AvgIpc) is 2.39. The van der Waals surface area contributed by atoms with Crippen LogP contribution in [0.3, 0.4) is 0 Å². The normalized spacial score (nSPS) is 9.89. The highest BCUT2D eigenvalue weighted by Gasteiger charge is 2.12. The van der Waals surface area contributed by atoms with Crippen molar-refractivity contribution >= 4 is 17.4 Å². The number of phenolic OH excluding ortho intramolecular Hbond substituents is 1. The fourth-order valence-corrected chi connectivity index (χ4v) is 1.42. The second-order valence-corrected chi connectivity index (χ2v) is 3.63. The average molecular weight is 259 g/mol. The first kappa shape index (κ1) is 12.5. The number of pyridine rings is 1. The van der Waals surface area contributed by atoms with Gasteiger partial charge in [-0.1, -0.05) is 12.1 Å². The summed E-state index contributed by atoms with van der Waals surface area (Å²) in [7, 11) is 0. The van der Waals surface area contributed by atoms with Gasteiger partial charge in [0, 0.05) is 6.07 Å². The van der Waals surface area contributed by atoms with Crippen molar-refractivity contribution in [2.45, 2.75) is 0 Å². The minimum Gasteiger partial charge on any atom is -0.507 e. The van der Waals surface area contributed by atoms with E-state index in [4.69, 9.17) is 0 Å². The molecule has 1 aromatic heterocycles. The lowest BCUT2D eigenvalue weighted by Crippen LogP contribution is -2.13. The number of carbonyl (C=O) groups excluding carboxylic acids is 1. The molecule has 0 saturated heterocycles. The van der Waals surface area contributed by atoms with Crippen molar-refractivity contribution in [1.29, 1.82) is 0 Å². The Hall–Kier alpha value is -2.96. The smallest absolute Gasteiger partial charge is 0.287 e. The number of nitro groups is 1. The zero-order chi connectivity index (χ0) is 13.8. The van der Waals surface area contributed by atoms with E-state index in [2.05, 4.69) is 10.3 Å². The van der Waals surface area contributed by atoms with Gasteiger partial charge < -0.3 is 10.4 Å². The monoisotopic (exact) mass is 259 g/mol. The van der Waals surface area contributed by atoms with Crippen molar-refractivity contribution in [2.24, 2.45) is 0 Å². The van der Waals surface area contributed by atoms with Crippen LogP contribution >= 0.6 is 0 Å². The first-order valence-electron chi connectivity index (χ1n) is 5.28. The summed E-state index contributed by atoms with van der Waals surface area (Å²) in [6.45, 7) is 0. The Morgan fingerprint density at radius 3 is 2.58 bits per heavy atom. The fraction of sp³-hybridized carbons (Fsp3) is 0. The van der Waals surface area contributed by atoms with Gasteiger partial charge in [-0.05, 0) is 18.2 Å². The van der Waals surface area contributed by atoms with Gasteiger partial charge in [0.2, 0.25) is 0 Å². The lowest BCUT2D eigenvalue weighted by atomic mass is 10.2. The van der Waals surface area contributed by atoms with Crippen LogP contribution in [0.1, 0.15) is 10.4 Å². The summed E-state index contributed by atoms with van der Waals surface area (Å²) >= 11 is 0. The number of aromatic nitrogens is 1. The van der Waals surface area contributed by atoms with Crippen molar-refractivity contribution in [1.82, 2.24) is 4.98 Å². The van der Waals surface area contributed by atoms with E-state index >= 15 is 0 Å². The van der Waals surface area contributed by atoms with E-state index in [1.165, 1.54) is 24.3 Å². The van der Waals surface area contributed by atoms with Gasteiger partial charge in [0.15, 0.2) is 0 Å². The molecule has 0 aliphatic rings. The highest BCUT2D eigenvalue weighted by Crippen LogP contribution is 2.18. The molecule has 0 saturated carbocycles. The van der Waals surface area contributed by atoms with E-state index in [0.717, 1.165) is 6.20 Å². The molecule has 7 nitrogen and oxygen atoms in total. The van der Waals surface area contributed by atoms with E-state index in [-0.39, 0.29) is 22.8 Å².